The first-order valence-corrected chi connectivity index (χ1v) is 12.1. The number of carboxylic acid groups (broad SMARTS) is 1. The summed E-state index contributed by atoms with van der Waals surface area (Å²) in [6.07, 6.45) is 2.90. The second kappa shape index (κ2) is 10.5. The quantitative estimate of drug-likeness (QED) is 0.623. The lowest BCUT2D eigenvalue weighted by Crippen LogP contribution is -2.55. The number of fused-ring (bicyclic) bond motifs is 1. The summed E-state index contributed by atoms with van der Waals surface area (Å²) in [5, 5.41) is 18.8. The van der Waals surface area contributed by atoms with Gasteiger partial charge < -0.3 is 24.3 Å². The highest BCUT2D eigenvalue weighted by Gasteiger charge is 2.47. The molecule has 2 aromatic rings. The van der Waals surface area contributed by atoms with Crippen molar-refractivity contribution in [2.45, 2.75) is 69.4 Å². The fraction of sp³-hybridized carbons (Fsp3) is 0.609. The van der Waals surface area contributed by atoms with Crippen LogP contribution in [0.3, 0.4) is 0 Å². The van der Waals surface area contributed by atoms with E-state index in [0.29, 0.717) is 37.8 Å². The number of furan rings is 1. The van der Waals surface area contributed by atoms with Gasteiger partial charge in [-0.25, -0.2) is 4.79 Å². The first-order valence-electron chi connectivity index (χ1n) is 12.1. The summed E-state index contributed by atoms with van der Waals surface area (Å²) >= 11 is 0. The van der Waals surface area contributed by atoms with Crippen LogP contribution in [0.4, 0.5) is 13.2 Å². The van der Waals surface area contributed by atoms with Crippen molar-refractivity contribution in [3.8, 4) is 0 Å². The van der Waals surface area contributed by atoms with E-state index in [2.05, 4.69) is 27.5 Å². The molecule has 37 heavy (non-hydrogen) atoms. The summed E-state index contributed by atoms with van der Waals surface area (Å²) in [7, 11) is 2.06. The van der Waals surface area contributed by atoms with Gasteiger partial charge in [0, 0.05) is 25.7 Å². The predicted octanol–water partition coefficient (Wildman–Crippen LogP) is 2.30. The molecule has 2 fully saturated rings. The first-order chi connectivity index (χ1) is 17.5. The van der Waals surface area contributed by atoms with Gasteiger partial charge in [0.15, 0.2) is 5.76 Å². The molecule has 1 atom stereocenters. The Morgan fingerprint density at radius 3 is 2.49 bits per heavy atom. The summed E-state index contributed by atoms with van der Waals surface area (Å²) in [6, 6.07) is 3.66. The Hall–Kier alpha value is -3.42. The minimum Gasteiger partial charge on any atom is -0.475 e. The molecule has 1 saturated heterocycles. The van der Waals surface area contributed by atoms with Gasteiger partial charge in [0.2, 0.25) is 5.82 Å². The zero-order valence-electron chi connectivity index (χ0n) is 20.3. The van der Waals surface area contributed by atoms with Crippen LogP contribution in [0.25, 0.3) is 0 Å². The number of alkyl halides is 3. The molecule has 4 heterocycles. The second-order valence-electron chi connectivity index (χ2n) is 9.67. The van der Waals surface area contributed by atoms with Crippen LogP contribution in [0.5, 0.6) is 0 Å². The summed E-state index contributed by atoms with van der Waals surface area (Å²) < 4.78 is 39.0. The van der Waals surface area contributed by atoms with Crippen molar-refractivity contribution in [1.82, 2.24) is 29.9 Å². The molecule has 2 N–H and O–H groups in total. The van der Waals surface area contributed by atoms with E-state index in [9.17, 15) is 22.8 Å². The lowest BCUT2D eigenvalue weighted by molar-refractivity contribution is -0.192. The fourth-order valence-electron chi connectivity index (χ4n) is 5.10. The monoisotopic (exact) mass is 526 g/mol. The van der Waals surface area contributed by atoms with Gasteiger partial charge in [-0.05, 0) is 38.4 Å². The van der Waals surface area contributed by atoms with Gasteiger partial charge in [0.25, 0.3) is 11.8 Å². The molecular weight excluding hydrogens is 497 g/mol. The van der Waals surface area contributed by atoms with Crippen molar-refractivity contribution in [3.63, 3.8) is 0 Å². The van der Waals surface area contributed by atoms with Gasteiger partial charge in [-0.1, -0.05) is 19.3 Å². The van der Waals surface area contributed by atoms with E-state index in [-0.39, 0.29) is 23.4 Å². The Bertz CT molecular complexity index is 1130. The smallest absolute Gasteiger partial charge is 0.475 e. The van der Waals surface area contributed by atoms with E-state index in [1.807, 2.05) is 9.47 Å². The van der Waals surface area contributed by atoms with Crippen LogP contribution in [-0.4, -0.2) is 85.3 Å². The van der Waals surface area contributed by atoms with Crippen molar-refractivity contribution in [1.29, 1.82) is 0 Å². The molecule has 2 aliphatic heterocycles. The Morgan fingerprint density at radius 2 is 1.86 bits per heavy atom. The van der Waals surface area contributed by atoms with Crippen LogP contribution < -0.4 is 5.32 Å². The number of nitrogens with zero attached hydrogens (tertiary/aromatic N) is 5. The Labute approximate surface area is 210 Å². The van der Waals surface area contributed by atoms with E-state index in [1.54, 1.807) is 12.1 Å². The molecule has 202 valence electrons. The molecule has 2 amide bonds. The summed E-state index contributed by atoms with van der Waals surface area (Å²) in [5.74, 6) is -1.43. The molecule has 3 aliphatic rings. The van der Waals surface area contributed by atoms with Crippen LogP contribution in [0.2, 0.25) is 0 Å². The molecule has 0 bridgehead atoms. The average Bonchev–Trinajstić information content (AvgIpc) is 3.61. The molecule has 1 saturated carbocycles. The maximum atomic E-state index is 12.9. The summed E-state index contributed by atoms with van der Waals surface area (Å²) in [6.45, 7) is 2.45. The number of carbonyl (C=O) groups excluding carboxylic acids is 2. The van der Waals surface area contributed by atoms with Crippen LogP contribution in [-0.2, 0) is 17.9 Å². The molecule has 0 aromatic carbocycles. The number of halogens is 3. The van der Waals surface area contributed by atoms with Crippen LogP contribution >= 0.6 is 0 Å². The topological polar surface area (TPSA) is 134 Å². The molecule has 2 aromatic heterocycles. The normalized spacial score (nSPS) is 22.3. The van der Waals surface area contributed by atoms with Crippen molar-refractivity contribution in [3.05, 3.63) is 35.8 Å². The number of carboxylic acids is 1. The number of aliphatic carboxylic acids is 1. The van der Waals surface area contributed by atoms with Gasteiger partial charge >= 0.3 is 12.1 Å². The van der Waals surface area contributed by atoms with E-state index in [4.69, 9.17) is 14.3 Å². The zero-order valence-corrected chi connectivity index (χ0v) is 20.3. The summed E-state index contributed by atoms with van der Waals surface area (Å²) in [5.41, 5.74) is -0.239. The second-order valence-corrected chi connectivity index (χ2v) is 9.67. The van der Waals surface area contributed by atoms with Gasteiger partial charge in [-0.2, -0.15) is 13.2 Å². The van der Waals surface area contributed by atoms with Crippen LogP contribution in [0.1, 0.15) is 65.5 Å². The minimum absolute atomic E-state index is 0.0879. The van der Waals surface area contributed by atoms with Gasteiger partial charge in [-0.3, -0.25) is 14.5 Å². The number of likely N-dealkylation sites (tertiary alicyclic amines) is 1. The molecule has 1 unspecified atom stereocenters. The molecular formula is C23H29F3N6O5. The van der Waals surface area contributed by atoms with Crippen LogP contribution in [0.15, 0.2) is 22.8 Å². The van der Waals surface area contributed by atoms with Gasteiger partial charge in [-0.15, -0.1) is 10.2 Å². The van der Waals surface area contributed by atoms with Crippen molar-refractivity contribution in [2.24, 2.45) is 0 Å². The highest BCUT2D eigenvalue weighted by atomic mass is 19.4. The largest absolute Gasteiger partial charge is 0.490 e. The standard InChI is InChI=1S/C21H28N6O3.C2HF3O2/c1-25-12-17-23-24-18(19(28)22-15-6-3-2-4-7-15)27(17)14-21(25)9-10-26(13-21)20(29)16-8-5-11-30-16;3-2(4,5)1(6)7/h5,8,11,15H,2-4,6-7,9-10,12-14H2,1H3,(H,22,28);(H,6,7). The molecule has 1 spiro atoms. The third-order valence-electron chi connectivity index (χ3n) is 7.21. The number of amides is 2. The number of likely N-dealkylation sites (N-methyl/N-ethyl adjacent to an activating group) is 1. The first kappa shape index (κ1) is 26.6. The third kappa shape index (κ3) is 5.78. The lowest BCUT2D eigenvalue weighted by atomic mass is 9.94. The maximum absolute atomic E-state index is 12.9. The lowest BCUT2D eigenvalue weighted by Gasteiger charge is -2.42. The number of aromatic nitrogens is 3. The Kier molecular flexibility index (Phi) is 7.57. The number of rotatable bonds is 3. The van der Waals surface area contributed by atoms with E-state index < -0.39 is 12.1 Å². The SMILES string of the molecule is CN1Cc2nnc(C(=O)NC3CCCCC3)n2CC12CCN(C(=O)c1ccco1)C2.O=C(O)C(F)(F)F. The number of hydrogen-bond acceptors (Lipinski definition) is 7. The van der Waals surface area contributed by atoms with E-state index in [0.717, 1.165) is 37.9 Å². The highest BCUT2D eigenvalue weighted by Crippen LogP contribution is 2.34. The van der Waals surface area contributed by atoms with Crippen molar-refractivity contribution >= 4 is 17.8 Å². The minimum atomic E-state index is -5.08. The average molecular weight is 527 g/mol. The number of hydrogen-bond donors (Lipinski definition) is 2. The highest BCUT2D eigenvalue weighted by molar-refractivity contribution is 5.92. The van der Waals surface area contributed by atoms with Crippen molar-refractivity contribution in [2.75, 3.05) is 20.1 Å². The number of carbonyl (C=O) groups is 3. The molecule has 1 aliphatic carbocycles. The number of nitrogens with one attached hydrogen (secondary N) is 1. The van der Waals surface area contributed by atoms with Gasteiger partial charge in [0.05, 0.1) is 18.3 Å². The third-order valence-corrected chi connectivity index (χ3v) is 7.21. The Morgan fingerprint density at radius 1 is 1.16 bits per heavy atom. The van der Waals surface area contributed by atoms with E-state index in [1.165, 1.54) is 12.7 Å². The Balaban J connectivity index is 0.000000405. The summed E-state index contributed by atoms with van der Waals surface area (Å²) in [4.78, 5) is 38.7. The molecule has 14 heteroatoms. The zero-order chi connectivity index (χ0) is 26.8. The van der Waals surface area contributed by atoms with Crippen molar-refractivity contribution < 1.29 is 37.1 Å². The fourth-order valence-corrected chi connectivity index (χ4v) is 5.10. The molecule has 0 radical (unpaired) electrons. The van der Waals surface area contributed by atoms with Crippen LogP contribution in [0, 0.1) is 0 Å². The van der Waals surface area contributed by atoms with E-state index >= 15 is 0 Å². The van der Waals surface area contributed by atoms with Gasteiger partial charge in [0.1, 0.15) is 5.82 Å². The maximum Gasteiger partial charge on any atom is 0.490 e. The predicted molar refractivity (Wildman–Crippen MR) is 121 cm³/mol. The molecule has 5 rings (SSSR count). The molecule has 11 nitrogen and oxygen atoms in total.